The molecule has 1 amide bonds. The van der Waals surface area contributed by atoms with Crippen LogP contribution in [0.15, 0.2) is 36.5 Å². The number of carbonyl (C=O) groups is 1. The first-order chi connectivity index (χ1) is 42.1. The van der Waals surface area contributed by atoms with Gasteiger partial charge in [0.25, 0.3) is 0 Å². The monoisotopic (exact) mass is 1220 g/mol. The van der Waals surface area contributed by atoms with E-state index in [9.17, 15) is 45.6 Å². The van der Waals surface area contributed by atoms with E-state index in [4.69, 9.17) is 18.9 Å². The van der Waals surface area contributed by atoms with Gasteiger partial charge in [-0.1, -0.05) is 301 Å². The van der Waals surface area contributed by atoms with Gasteiger partial charge >= 0.3 is 0 Å². The third-order valence-corrected chi connectivity index (χ3v) is 17.9. The van der Waals surface area contributed by atoms with Crippen LogP contribution in [0.3, 0.4) is 0 Å². The summed E-state index contributed by atoms with van der Waals surface area (Å²) in [4.78, 5) is 13.3. The van der Waals surface area contributed by atoms with Crippen molar-refractivity contribution < 1.29 is 64.6 Å². The Balaban J connectivity index is 1.50. The molecule has 9 N–H and O–H groups in total. The standard InChI is InChI=1S/C72H135NO13/c1-3-5-7-9-11-13-15-16-17-18-19-20-21-22-23-24-25-26-27-28-29-30-31-32-33-34-35-36-37-38-39-40-41-42-43-44-46-48-50-52-54-56-64(77)73-60(61(76)55-53-51-49-47-45-14-12-10-8-6-4-2)59-83-71-69(82)67(80)70(63(58-75)85-71)86-72-68(81)66(79)65(78)62(57-74)84-72/h15-16,18-19,21-22,60-63,65-72,74-76,78-82H,3-14,17,20,23-59H2,1-2H3,(H,73,77)/b16-15-,19-18-,22-21-. The molecule has 0 aromatic rings. The molecule has 0 radical (unpaired) electrons. The van der Waals surface area contributed by atoms with Crippen molar-refractivity contribution in [1.29, 1.82) is 0 Å². The van der Waals surface area contributed by atoms with E-state index >= 15 is 0 Å². The van der Waals surface area contributed by atoms with Crippen LogP contribution in [-0.4, -0.2) is 140 Å². The molecule has 2 aliphatic rings. The predicted molar refractivity (Wildman–Crippen MR) is 351 cm³/mol. The average Bonchev–Trinajstić information content (AvgIpc) is 1.60. The quantitative estimate of drug-likeness (QED) is 0.0204. The Morgan fingerprint density at radius 1 is 0.419 bits per heavy atom. The second kappa shape index (κ2) is 57.1. The zero-order valence-corrected chi connectivity index (χ0v) is 55.1. The molecule has 2 heterocycles. The molecule has 2 saturated heterocycles. The van der Waals surface area contributed by atoms with Crippen LogP contribution in [-0.2, 0) is 23.7 Å². The normalized spacial score (nSPS) is 23.6. The second-order valence-corrected chi connectivity index (χ2v) is 25.7. The van der Waals surface area contributed by atoms with Crippen LogP contribution in [0.4, 0.5) is 0 Å². The number of aliphatic hydroxyl groups is 8. The lowest BCUT2D eigenvalue weighted by Crippen LogP contribution is -2.65. The fourth-order valence-electron chi connectivity index (χ4n) is 12.1. The molecular weight excluding hydrogens is 1090 g/mol. The highest BCUT2D eigenvalue weighted by Crippen LogP contribution is 2.30. The first-order valence-electron chi connectivity index (χ1n) is 36.2. The van der Waals surface area contributed by atoms with Crippen LogP contribution in [0.2, 0.25) is 0 Å². The van der Waals surface area contributed by atoms with Crippen molar-refractivity contribution in [2.75, 3.05) is 19.8 Å². The third-order valence-electron chi connectivity index (χ3n) is 17.9. The van der Waals surface area contributed by atoms with E-state index < -0.39 is 86.8 Å². The van der Waals surface area contributed by atoms with Gasteiger partial charge in [-0.05, 0) is 51.4 Å². The molecule has 12 atom stereocenters. The van der Waals surface area contributed by atoms with E-state index in [1.54, 1.807) is 0 Å². The van der Waals surface area contributed by atoms with E-state index in [1.807, 2.05) is 0 Å². The highest BCUT2D eigenvalue weighted by molar-refractivity contribution is 5.76. The Labute approximate surface area is 525 Å². The highest BCUT2D eigenvalue weighted by Gasteiger charge is 2.51. The molecule has 506 valence electrons. The van der Waals surface area contributed by atoms with Gasteiger partial charge in [0.2, 0.25) is 5.91 Å². The summed E-state index contributed by atoms with van der Waals surface area (Å²) in [6.45, 7) is 2.86. The fourth-order valence-corrected chi connectivity index (χ4v) is 12.1. The van der Waals surface area contributed by atoms with E-state index in [0.29, 0.717) is 12.8 Å². The number of carbonyl (C=O) groups excluding carboxylic acids is 1. The van der Waals surface area contributed by atoms with E-state index in [1.165, 1.54) is 231 Å². The number of aliphatic hydroxyl groups excluding tert-OH is 8. The lowest BCUT2D eigenvalue weighted by Gasteiger charge is -2.46. The molecule has 0 bridgehead atoms. The molecule has 14 nitrogen and oxygen atoms in total. The summed E-state index contributed by atoms with van der Waals surface area (Å²) in [5.41, 5.74) is 0. The molecule has 2 fully saturated rings. The van der Waals surface area contributed by atoms with Gasteiger partial charge in [-0.25, -0.2) is 0 Å². The molecule has 86 heavy (non-hydrogen) atoms. The van der Waals surface area contributed by atoms with Crippen molar-refractivity contribution in [3.8, 4) is 0 Å². The Kier molecular flexibility index (Phi) is 53.4. The number of nitrogens with one attached hydrogen (secondary N) is 1. The Morgan fingerprint density at radius 2 is 0.767 bits per heavy atom. The molecule has 0 spiro atoms. The summed E-state index contributed by atoms with van der Waals surface area (Å²) in [5, 5.41) is 87.3. The summed E-state index contributed by atoms with van der Waals surface area (Å²) < 4.78 is 22.8. The molecular formula is C72H135NO13. The predicted octanol–water partition coefficient (Wildman–Crippen LogP) is 14.9. The molecule has 0 aromatic carbocycles. The summed E-state index contributed by atoms with van der Waals surface area (Å²) in [5.74, 6) is -0.202. The Hall–Kier alpha value is -1.79. The zero-order valence-electron chi connectivity index (χ0n) is 55.1. The Bertz CT molecular complexity index is 1580. The third kappa shape index (κ3) is 40.8. The first-order valence-corrected chi connectivity index (χ1v) is 36.2. The van der Waals surface area contributed by atoms with Crippen LogP contribution in [0.1, 0.15) is 322 Å². The molecule has 12 unspecified atom stereocenters. The molecule has 2 rings (SSSR count). The average molecular weight is 1220 g/mol. The largest absolute Gasteiger partial charge is 0.394 e. The van der Waals surface area contributed by atoms with E-state index in [0.717, 1.165) is 64.2 Å². The first kappa shape index (κ1) is 80.3. The maximum absolute atomic E-state index is 13.3. The van der Waals surface area contributed by atoms with Gasteiger partial charge in [0, 0.05) is 6.42 Å². The Morgan fingerprint density at radius 3 is 1.17 bits per heavy atom. The van der Waals surface area contributed by atoms with Gasteiger partial charge in [0.1, 0.15) is 48.8 Å². The van der Waals surface area contributed by atoms with Crippen molar-refractivity contribution in [1.82, 2.24) is 5.32 Å². The highest BCUT2D eigenvalue weighted by atomic mass is 16.7. The maximum Gasteiger partial charge on any atom is 0.220 e. The van der Waals surface area contributed by atoms with Crippen LogP contribution in [0, 0.1) is 0 Å². The maximum atomic E-state index is 13.3. The minimum Gasteiger partial charge on any atom is -0.394 e. The molecule has 14 heteroatoms. The summed E-state index contributed by atoms with van der Waals surface area (Å²) in [6, 6.07) is -0.825. The van der Waals surface area contributed by atoms with Crippen molar-refractivity contribution >= 4 is 5.91 Å². The van der Waals surface area contributed by atoms with Crippen molar-refractivity contribution in [3.63, 3.8) is 0 Å². The molecule has 0 aliphatic carbocycles. The minimum absolute atomic E-state index is 0.202. The second-order valence-electron chi connectivity index (χ2n) is 25.7. The number of hydrogen-bond acceptors (Lipinski definition) is 13. The topological polar surface area (TPSA) is 228 Å². The van der Waals surface area contributed by atoms with Crippen molar-refractivity contribution in [2.24, 2.45) is 0 Å². The van der Waals surface area contributed by atoms with E-state index in [-0.39, 0.29) is 12.5 Å². The molecule has 2 aliphatic heterocycles. The molecule has 0 saturated carbocycles. The van der Waals surface area contributed by atoms with Gasteiger partial charge in [0.05, 0.1) is 32.0 Å². The van der Waals surface area contributed by atoms with Gasteiger partial charge in [-0.3, -0.25) is 4.79 Å². The van der Waals surface area contributed by atoms with Crippen LogP contribution in [0.5, 0.6) is 0 Å². The van der Waals surface area contributed by atoms with Crippen molar-refractivity contribution in [3.05, 3.63) is 36.5 Å². The van der Waals surface area contributed by atoms with Crippen molar-refractivity contribution in [2.45, 2.75) is 396 Å². The van der Waals surface area contributed by atoms with Gasteiger partial charge in [0.15, 0.2) is 12.6 Å². The lowest BCUT2D eigenvalue weighted by atomic mass is 9.97. The van der Waals surface area contributed by atoms with Gasteiger partial charge < -0.3 is 65.1 Å². The number of amides is 1. The van der Waals surface area contributed by atoms with Crippen LogP contribution < -0.4 is 5.32 Å². The van der Waals surface area contributed by atoms with Crippen LogP contribution in [0.25, 0.3) is 0 Å². The minimum atomic E-state index is -1.78. The van der Waals surface area contributed by atoms with Crippen LogP contribution >= 0.6 is 0 Å². The zero-order chi connectivity index (χ0) is 62.3. The van der Waals surface area contributed by atoms with E-state index in [2.05, 4.69) is 55.6 Å². The number of ether oxygens (including phenoxy) is 4. The fraction of sp³-hybridized carbons (Fsp3) is 0.903. The number of rotatable bonds is 60. The number of allylic oxidation sites excluding steroid dienone is 6. The number of hydrogen-bond donors (Lipinski definition) is 9. The summed E-state index contributed by atoms with van der Waals surface area (Å²) >= 11 is 0. The molecule has 0 aromatic heterocycles. The summed E-state index contributed by atoms with van der Waals surface area (Å²) in [6.07, 6.45) is 56.4. The van der Waals surface area contributed by atoms with Gasteiger partial charge in [-0.15, -0.1) is 0 Å². The SMILES string of the molecule is CCCCCCC/C=C\C/C=C\C/C=C\CCCCCCCCCCCCCCCCCCCCCCCCCCCCC(=O)NC(COC1OC(CO)C(OC2OC(CO)C(O)C(O)C2O)C(O)C1O)C(O)CCCCCCCCCCCCC. The smallest absolute Gasteiger partial charge is 0.220 e. The van der Waals surface area contributed by atoms with Gasteiger partial charge in [-0.2, -0.15) is 0 Å². The number of unbranched alkanes of at least 4 members (excludes halogenated alkanes) is 41. The lowest BCUT2D eigenvalue weighted by molar-refractivity contribution is -0.359. The summed E-state index contributed by atoms with van der Waals surface area (Å²) in [7, 11) is 0.